The first-order valence-electron chi connectivity index (χ1n) is 4.86. The Hall–Kier alpha value is -1.35. The molecule has 0 saturated carbocycles. The summed E-state index contributed by atoms with van der Waals surface area (Å²) in [6.07, 6.45) is 1.72. The Bertz CT molecular complexity index is 334. The molecule has 0 heterocycles. The van der Waals surface area contributed by atoms with E-state index >= 15 is 0 Å². The molecule has 0 fully saturated rings. The quantitative estimate of drug-likeness (QED) is 0.598. The lowest BCUT2D eigenvalue weighted by atomic mass is 10.1. The van der Waals surface area contributed by atoms with Crippen molar-refractivity contribution in [2.24, 2.45) is 0 Å². The van der Waals surface area contributed by atoms with Gasteiger partial charge in [-0.1, -0.05) is 12.1 Å². The number of hydrogen-bond donors (Lipinski definition) is 1. The predicted octanol–water partition coefficient (Wildman–Crippen LogP) is 2.83. The number of hydrogen-bond acceptors (Lipinski definition) is 2. The summed E-state index contributed by atoms with van der Waals surface area (Å²) in [6, 6.07) is 4.46. The number of ether oxygens (including phenoxy) is 1. The molecule has 1 aromatic carbocycles. The lowest BCUT2D eigenvalue weighted by molar-refractivity contribution is 0.198. The molecule has 0 aliphatic rings. The van der Waals surface area contributed by atoms with Gasteiger partial charge < -0.3 is 9.84 Å². The maximum absolute atomic E-state index is 13.4. The summed E-state index contributed by atoms with van der Waals surface area (Å²) in [6.45, 7) is 5.55. The van der Waals surface area contributed by atoms with Crippen molar-refractivity contribution in [1.82, 2.24) is 0 Å². The summed E-state index contributed by atoms with van der Waals surface area (Å²) in [5, 5.41) is 9.23. The van der Waals surface area contributed by atoms with Gasteiger partial charge in [0.05, 0.1) is 12.7 Å². The Morgan fingerprint density at radius 2 is 2.33 bits per heavy atom. The van der Waals surface area contributed by atoms with Gasteiger partial charge in [-0.3, -0.25) is 0 Å². The summed E-state index contributed by atoms with van der Waals surface area (Å²) in [7, 11) is 0. The Labute approximate surface area is 89.0 Å². The normalized spacial score (nSPS) is 12.2. The standard InChI is InChI=1S/C12H15FO2/c1-3-4-7-15-12-6-5-10(9(2)14)8-11(12)13/h3,5-6,8-9,14H,1,4,7H2,2H3. The lowest BCUT2D eigenvalue weighted by Gasteiger charge is -2.09. The molecule has 0 radical (unpaired) electrons. The third kappa shape index (κ3) is 3.36. The Morgan fingerprint density at radius 1 is 1.60 bits per heavy atom. The van der Waals surface area contributed by atoms with Crippen molar-refractivity contribution in [1.29, 1.82) is 0 Å². The van der Waals surface area contributed by atoms with Crippen LogP contribution in [-0.4, -0.2) is 11.7 Å². The van der Waals surface area contributed by atoms with Gasteiger partial charge in [-0.15, -0.1) is 6.58 Å². The van der Waals surface area contributed by atoms with E-state index in [1.54, 1.807) is 19.1 Å². The Morgan fingerprint density at radius 3 is 2.87 bits per heavy atom. The molecule has 0 amide bonds. The summed E-state index contributed by atoms with van der Waals surface area (Å²) in [4.78, 5) is 0. The molecule has 3 heteroatoms. The van der Waals surface area contributed by atoms with Crippen LogP contribution in [0.3, 0.4) is 0 Å². The van der Waals surface area contributed by atoms with Gasteiger partial charge in [-0.05, 0) is 31.0 Å². The number of halogens is 1. The highest BCUT2D eigenvalue weighted by Gasteiger charge is 2.07. The molecule has 1 atom stereocenters. The van der Waals surface area contributed by atoms with E-state index in [1.807, 2.05) is 0 Å². The van der Waals surface area contributed by atoms with Gasteiger partial charge >= 0.3 is 0 Å². The van der Waals surface area contributed by atoms with Crippen molar-refractivity contribution in [3.05, 3.63) is 42.2 Å². The van der Waals surface area contributed by atoms with Crippen LogP contribution in [0.15, 0.2) is 30.9 Å². The molecular weight excluding hydrogens is 195 g/mol. The molecule has 1 aromatic rings. The smallest absolute Gasteiger partial charge is 0.165 e. The van der Waals surface area contributed by atoms with E-state index in [9.17, 15) is 9.50 Å². The van der Waals surface area contributed by atoms with Crippen LogP contribution in [0.1, 0.15) is 25.0 Å². The number of benzene rings is 1. The molecule has 1 N–H and O–H groups in total. The summed E-state index contributed by atoms with van der Waals surface area (Å²) in [5.41, 5.74) is 0.545. The van der Waals surface area contributed by atoms with Gasteiger partial charge in [0.15, 0.2) is 11.6 Å². The van der Waals surface area contributed by atoms with E-state index in [4.69, 9.17) is 4.74 Å². The average Bonchev–Trinajstić information content (AvgIpc) is 2.20. The fourth-order valence-electron chi connectivity index (χ4n) is 1.15. The molecule has 0 aromatic heterocycles. The van der Waals surface area contributed by atoms with Crippen molar-refractivity contribution >= 4 is 0 Å². The highest BCUT2D eigenvalue weighted by molar-refractivity contribution is 5.30. The van der Waals surface area contributed by atoms with Gasteiger partial charge in [0.2, 0.25) is 0 Å². The fourth-order valence-corrected chi connectivity index (χ4v) is 1.15. The van der Waals surface area contributed by atoms with Crippen molar-refractivity contribution in [2.45, 2.75) is 19.4 Å². The van der Waals surface area contributed by atoms with E-state index in [-0.39, 0.29) is 5.75 Å². The van der Waals surface area contributed by atoms with Crippen LogP contribution in [0.25, 0.3) is 0 Å². The first kappa shape index (κ1) is 11.7. The monoisotopic (exact) mass is 210 g/mol. The molecule has 0 aliphatic heterocycles. The molecule has 15 heavy (non-hydrogen) atoms. The zero-order valence-electron chi connectivity index (χ0n) is 8.74. The average molecular weight is 210 g/mol. The molecule has 0 saturated heterocycles. The summed E-state index contributed by atoms with van der Waals surface area (Å²) < 4.78 is 18.6. The minimum atomic E-state index is -0.665. The number of aliphatic hydroxyl groups is 1. The van der Waals surface area contributed by atoms with Gasteiger partial charge in [0, 0.05) is 0 Å². The Kier molecular flexibility index (Phi) is 4.31. The van der Waals surface area contributed by atoms with E-state index in [1.165, 1.54) is 12.1 Å². The van der Waals surface area contributed by atoms with Crippen LogP contribution in [0.4, 0.5) is 4.39 Å². The van der Waals surface area contributed by atoms with Gasteiger partial charge in [0.25, 0.3) is 0 Å². The van der Waals surface area contributed by atoms with Gasteiger partial charge in [-0.25, -0.2) is 4.39 Å². The van der Waals surface area contributed by atoms with E-state index in [0.29, 0.717) is 18.6 Å². The molecule has 1 unspecified atom stereocenters. The van der Waals surface area contributed by atoms with Gasteiger partial charge in [-0.2, -0.15) is 0 Å². The molecular formula is C12H15FO2. The van der Waals surface area contributed by atoms with Crippen LogP contribution in [0.5, 0.6) is 5.75 Å². The zero-order valence-corrected chi connectivity index (χ0v) is 8.74. The van der Waals surface area contributed by atoms with Crippen LogP contribution in [0.2, 0.25) is 0 Å². The zero-order chi connectivity index (χ0) is 11.3. The molecule has 82 valence electrons. The summed E-state index contributed by atoms with van der Waals surface area (Å²) >= 11 is 0. The van der Waals surface area contributed by atoms with E-state index < -0.39 is 11.9 Å². The molecule has 0 bridgehead atoms. The highest BCUT2D eigenvalue weighted by atomic mass is 19.1. The SMILES string of the molecule is C=CCCOc1ccc(C(C)O)cc1F. The minimum Gasteiger partial charge on any atom is -0.490 e. The van der Waals surface area contributed by atoms with Crippen molar-refractivity contribution in [3.8, 4) is 5.75 Å². The molecule has 0 aliphatic carbocycles. The van der Waals surface area contributed by atoms with Crippen molar-refractivity contribution in [3.63, 3.8) is 0 Å². The maximum atomic E-state index is 13.4. The first-order chi connectivity index (χ1) is 7.15. The largest absolute Gasteiger partial charge is 0.490 e. The second kappa shape index (κ2) is 5.51. The maximum Gasteiger partial charge on any atom is 0.165 e. The lowest BCUT2D eigenvalue weighted by Crippen LogP contribution is -1.99. The third-order valence-electron chi connectivity index (χ3n) is 2.02. The van der Waals surface area contributed by atoms with Crippen LogP contribution in [0, 0.1) is 5.82 Å². The highest BCUT2D eigenvalue weighted by Crippen LogP contribution is 2.21. The van der Waals surface area contributed by atoms with Gasteiger partial charge in [0.1, 0.15) is 0 Å². The molecule has 0 spiro atoms. The minimum absolute atomic E-state index is 0.209. The number of rotatable bonds is 5. The molecule has 1 rings (SSSR count). The third-order valence-corrected chi connectivity index (χ3v) is 2.02. The van der Waals surface area contributed by atoms with Crippen LogP contribution >= 0.6 is 0 Å². The van der Waals surface area contributed by atoms with Crippen molar-refractivity contribution < 1.29 is 14.2 Å². The Balaban J connectivity index is 2.70. The molecule has 2 nitrogen and oxygen atoms in total. The van der Waals surface area contributed by atoms with E-state index in [0.717, 1.165) is 0 Å². The second-order valence-electron chi connectivity index (χ2n) is 3.29. The predicted molar refractivity (Wildman–Crippen MR) is 57.3 cm³/mol. The van der Waals surface area contributed by atoms with Crippen molar-refractivity contribution in [2.75, 3.05) is 6.61 Å². The first-order valence-corrected chi connectivity index (χ1v) is 4.86. The summed E-state index contributed by atoms with van der Waals surface area (Å²) in [5.74, 6) is -0.237. The second-order valence-corrected chi connectivity index (χ2v) is 3.29. The number of aliphatic hydroxyl groups excluding tert-OH is 1. The van der Waals surface area contributed by atoms with E-state index in [2.05, 4.69) is 6.58 Å². The fraction of sp³-hybridized carbons (Fsp3) is 0.333. The van der Waals surface area contributed by atoms with Crippen LogP contribution in [-0.2, 0) is 0 Å². The topological polar surface area (TPSA) is 29.5 Å². The van der Waals surface area contributed by atoms with Crippen LogP contribution < -0.4 is 4.74 Å².